The number of ether oxygens (including phenoxy) is 1. The standard InChI is InChI=1S/C25H31N3O3S/c1-17(2)31-22-16-10-8-14-20(22)24(30)27-25(32)28(3)21-15-9-7-13-19(21)23(29)26-18-11-5-4-6-12-18/h7-10,13-18H,4-6,11-12H2,1-3H3,(H,26,29)(H,27,30,32). The number of thiocarbonyl (C=S) groups is 1. The summed E-state index contributed by atoms with van der Waals surface area (Å²) in [6.45, 7) is 3.81. The van der Waals surface area contributed by atoms with Crippen molar-refractivity contribution in [1.82, 2.24) is 10.6 Å². The maximum absolute atomic E-state index is 13.0. The number of rotatable bonds is 6. The van der Waals surface area contributed by atoms with E-state index in [4.69, 9.17) is 17.0 Å². The van der Waals surface area contributed by atoms with Gasteiger partial charge in [0.2, 0.25) is 0 Å². The lowest BCUT2D eigenvalue weighted by atomic mass is 9.95. The van der Waals surface area contributed by atoms with Crippen LogP contribution in [-0.4, -0.2) is 36.1 Å². The smallest absolute Gasteiger partial charge is 0.261 e. The third kappa shape index (κ3) is 6.07. The predicted molar refractivity (Wildman–Crippen MR) is 131 cm³/mol. The normalized spacial score (nSPS) is 14.0. The number of carbonyl (C=O) groups is 2. The van der Waals surface area contributed by atoms with Crippen molar-refractivity contribution in [1.29, 1.82) is 0 Å². The lowest BCUT2D eigenvalue weighted by Crippen LogP contribution is -2.42. The highest BCUT2D eigenvalue weighted by Crippen LogP contribution is 2.23. The molecule has 3 rings (SSSR count). The predicted octanol–water partition coefficient (Wildman–Crippen LogP) is 4.69. The molecule has 0 bridgehead atoms. The van der Waals surface area contributed by atoms with Crippen LogP contribution in [0.25, 0.3) is 0 Å². The summed E-state index contributed by atoms with van der Waals surface area (Å²) in [5.74, 6) is 0.0177. The van der Waals surface area contributed by atoms with E-state index < -0.39 is 0 Å². The summed E-state index contributed by atoms with van der Waals surface area (Å²) in [6, 6.07) is 14.5. The number of hydrogen-bond acceptors (Lipinski definition) is 4. The van der Waals surface area contributed by atoms with Gasteiger partial charge in [-0.05, 0) is 63.2 Å². The van der Waals surface area contributed by atoms with E-state index in [2.05, 4.69) is 10.6 Å². The zero-order valence-corrected chi connectivity index (χ0v) is 19.7. The van der Waals surface area contributed by atoms with Gasteiger partial charge in [-0.25, -0.2) is 0 Å². The van der Waals surface area contributed by atoms with Crippen molar-refractivity contribution in [2.45, 2.75) is 58.1 Å². The summed E-state index contributed by atoms with van der Waals surface area (Å²) in [5.41, 5.74) is 1.57. The van der Waals surface area contributed by atoms with E-state index in [0.29, 0.717) is 22.6 Å². The van der Waals surface area contributed by atoms with Crippen LogP contribution in [0.4, 0.5) is 5.69 Å². The van der Waals surface area contributed by atoms with Gasteiger partial charge in [0, 0.05) is 13.1 Å². The number of nitrogens with zero attached hydrogens (tertiary/aromatic N) is 1. The Labute approximate surface area is 195 Å². The molecule has 0 unspecified atom stereocenters. The molecule has 170 valence electrons. The van der Waals surface area contributed by atoms with Crippen LogP contribution in [-0.2, 0) is 0 Å². The van der Waals surface area contributed by atoms with Gasteiger partial charge in [-0.2, -0.15) is 0 Å². The first-order valence-corrected chi connectivity index (χ1v) is 11.5. The van der Waals surface area contributed by atoms with Gasteiger partial charge in [-0.15, -0.1) is 0 Å². The van der Waals surface area contributed by atoms with Crippen molar-refractivity contribution < 1.29 is 14.3 Å². The molecule has 0 heterocycles. The molecule has 2 N–H and O–H groups in total. The molecule has 32 heavy (non-hydrogen) atoms. The van der Waals surface area contributed by atoms with Crippen molar-refractivity contribution in [3.63, 3.8) is 0 Å². The second kappa shape index (κ2) is 11.1. The van der Waals surface area contributed by atoms with Gasteiger partial charge < -0.3 is 15.0 Å². The van der Waals surface area contributed by atoms with Gasteiger partial charge in [-0.3, -0.25) is 14.9 Å². The zero-order valence-electron chi connectivity index (χ0n) is 18.9. The molecule has 2 aromatic rings. The fourth-order valence-electron chi connectivity index (χ4n) is 3.84. The minimum atomic E-state index is -0.359. The van der Waals surface area contributed by atoms with Crippen LogP contribution in [0.5, 0.6) is 5.75 Å². The molecule has 0 saturated heterocycles. The van der Waals surface area contributed by atoms with Crippen molar-refractivity contribution in [2.24, 2.45) is 0 Å². The fraction of sp³-hybridized carbons (Fsp3) is 0.400. The highest BCUT2D eigenvalue weighted by Gasteiger charge is 2.22. The number of benzene rings is 2. The molecule has 1 aliphatic rings. The van der Waals surface area contributed by atoms with E-state index in [0.717, 1.165) is 25.7 Å². The average Bonchev–Trinajstić information content (AvgIpc) is 2.79. The summed E-state index contributed by atoms with van der Waals surface area (Å²) in [5, 5.41) is 6.11. The van der Waals surface area contributed by atoms with E-state index in [1.54, 1.807) is 36.2 Å². The zero-order chi connectivity index (χ0) is 23.1. The SMILES string of the molecule is CC(C)Oc1ccccc1C(=O)NC(=S)N(C)c1ccccc1C(=O)NC1CCCCC1. The van der Waals surface area contributed by atoms with Gasteiger partial charge in [0.1, 0.15) is 5.75 Å². The number of para-hydroxylation sites is 2. The molecule has 1 fully saturated rings. The molecule has 1 saturated carbocycles. The Balaban J connectivity index is 1.72. The molecule has 0 atom stereocenters. The molecule has 7 heteroatoms. The quantitative estimate of drug-likeness (QED) is 0.621. The summed E-state index contributed by atoms with van der Waals surface area (Å²) >= 11 is 5.50. The number of anilines is 1. The first-order valence-electron chi connectivity index (χ1n) is 11.1. The summed E-state index contributed by atoms with van der Waals surface area (Å²) in [7, 11) is 1.74. The second-order valence-electron chi connectivity index (χ2n) is 8.31. The molecule has 6 nitrogen and oxygen atoms in total. The van der Waals surface area contributed by atoms with Crippen LogP contribution in [0.3, 0.4) is 0 Å². The Bertz CT molecular complexity index is 970. The van der Waals surface area contributed by atoms with E-state index in [1.165, 1.54) is 6.42 Å². The first kappa shape index (κ1) is 23.7. The van der Waals surface area contributed by atoms with Gasteiger partial charge in [0.05, 0.1) is 22.9 Å². The summed E-state index contributed by atoms with van der Waals surface area (Å²) < 4.78 is 5.75. The van der Waals surface area contributed by atoms with Gasteiger partial charge >= 0.3 is 0 Å². The van der Waals surface area contributed by atoms with Crippen molar-refractivity contribution in [3.05, 3.63) is 59.7 Å². The topological polar surface area (TPSA) is 70.7 Å². The average molecular weight is 454 g/mol. The van der Waals surface area contributed by atoms with Crippen molar-refractivity contribution >= 4 is 34.8 Å². The van der Waals surface area contributed by atoms with Crippen LogP contribution < -0.4 is 20.3 Å². The molecule has 1 aliphatic carbocycles. The molecule has 0 radical (unpaired) electrons. The molecular weight excluding hydrogens is 422 g/mol. The van der Waals surface area contributed by atoms with Crippen LogP contribution in [0.15, 0.2) is 48.5 Å². The van der Waals surface area contributed by atoms with Crippen LogP contribution >= 0.6 is 12.2 Å². The van der Waals surface area contributed by atoms with Gasteiger partial charge in [0.25, 0.3) is 11.8 Å². The monoisotopic (exact) mass is 453 g/mol. The van der Waals surface area contributed by atoms with Crippen LogP contribution in [0.1, 0.15) is 66.7 Å². The first-order chi connectivity index (χ1) is 15.4. The number of nitrogens with one attached hydrogen (secondary N) is 2. The Kier molecular flexibility index (Phi) is 8.22. The number of amides is 2. The highest BCUT2D eigenvalue weighted by atomic mass is 32.1. The Hall–Kier alpha value is -2.93. The third-order valence-corrected chi connectivity index (χ3v) is 5.85. The maximum atomic E-state index is 13.0. The summed E-state index contributed by atoms with van der Waals surface area (Å²) in [6.07, 6.45) is 5.47. The number of carbonyl (C=O) groups excluding carboxylic acids is 2. The maximum Gasteiger partial charge on any atom is 0.261 e. The minimum absolute atomic E-state index is 0.0619. The van der Waals surface area contributed by atoms with Crippen LogP contribution in [0, 0.1) is 0 Å². The molecule has 0 aromatic heterocycles. The Morgan fingerprint density at radius 2 is 1.59 bits per heavy atom. The van der Waals surface area contributed by atoms with E-state index in [1.807, 2.05) is 38.1 Å². The lowest BCUT2D eigenvalue weighted by molar-refractivity contribution is 0.0927. The van der Waals surface area contributed by atoms with E-state index in [-0.39, 0.29) is 29.1 Å². The molecule has 2 aromatic carbocycles. The van der Waals surface area contributed by atoms with E-state index in [9.17, 15) is 9.59 Å². The van der Waals surface area contributed by atoms with Gasteiger partial charge in [-0.1, -0.05) is 43.5 Å². The third-order valence-electron chi connectivity index (χ3n) is 5.47. The number of hydrogen-bond donors (Lipinski definition) is 2. The fourth-order valence-corrected chi connectivity index (χ4v) is 4.03. The second-order valence-corrected chi connectivity index (χ2v) is 8.69. The minimum Gasteiger partial charge on any atom is -0.490 e. The highest BCUT2D eigenvalue weighted by molar-refractivity contribution is 7.80. The Morgan fingerprint density at radius 3 is 2.28 bits per heavy atom. The van der Waals surface area contributed by atoms with Crippen molar-refractivity contribution in [2.75, 3.05) is 11.9 Å². The van der Waals surface area contributed by atoms with E-state index >= 15 is 0 Å². The molecular formula is C25H31N3O3S. The Morgan fingerprint density at radius 1 is 0.969 bits per heavy atom. The van der Waals surface area contributed by atoms with Crippen molar-refractivity contribution in [3.8, 4) is 5.75 Å². The van der Waals surface area contributed by atoms with Crippen LogP contribution in [0.2, 0.25) is 0 Å². The van der Waals surface area contributed by atoms with Gasteiger partial charge in [0.15, 0.2) is 5.11 Å². The molecule has 0 spiro atoms. The molecule has 0 aliphatic heterocycles. The molecule has 2 amide bonds. The summed E-state index contributed by atoms with van der Waals surface area (Å²) in [4.78, 5) is 27.5. The largest absolute Gasteiger partial charge is 0.490 e. The lowest BCUT2D eigenvalue weighted by Gasteiger charge is -2.26.